The smallest absolute Gasteiger partial charge is 0.0657 e. The zero-order valence-electron chi connectivity index (χ0n) is 6.26. The number of aliphatic hydroxyl groups is 1. The minimum absolute atomic E-state index is 0.120. The van der Waals surface area contributed by atoms with Crippen molar-refractivity contribution in [3.63, 3.8) is 0 Å². The van der Waals surface area contributed by atoms with Crippen molar-refractivity contribution in [2.24, 2.45) is 11.8 Å². The lowest BCUT2D eigenvalue weighted by Gasteiger charge is -2.19. The van der Waals surface area contributed by atoms with Gasteiger partial charge in [0.1, 0.15) is 0 Å². The van der Waals surface area contributed by atoms with E-state index >= 15 is 0 Å². The molecule has 0 saturated carbocycles. The molecule has 0 radical (unpaired) electrons. The summed E-state index contributed by atoms with van der Waals surface area (Å²) in [5.74, 6) is 1.02. The maximum absolute atomic E-state index is 9.29. The molecule has 0 aliphatic heterocycles. The van der Waals surface area contributed by atoms with E-state index in [4.69, 9.17) is 0 Å². The Hall–Kier alpha value is 0.690. The van der Waals surface area contributed by atoms with Crippen molar-refractivity contribution in [1.29, 1.82) is 0 Å². The van der Waals surface area contributed by atoms with Crippen molar-refractivity contribution >= 4 is 22.6 Å². The summed E-state index contributed by atoms with van der Waals surface area (Å²) in [6.07, 6.45) is -0.120. The molecule has 9 heavy (non-hydrogen) atoms. The third kappa shape index (κ3) is 3.40. The van der Waals surface area contributed by atoms with Gasteiger partial charge in [-0.15, -0.1) is 0 Å². The van der Waals surface area contributed by atoms with Crippen LogP contribution < -0.4 is 0 Å². The molecule has 0 aromatic rings. The standard InChI is InChI=1S/C7H15IO/c1-5(2)6(3)7(9)4-8/h5-7,9H,4H2,1-3H3/t6?,7-/m0/s1. The van der Waals surface area contributed by atoms with Crippen LogP contribution in [0, 0.1) is 11.8 Å². The Bertz CT molecular complexity index is 73.3. The second-order valence-electron chi connectivity index (χ2n) is 2.82. The second kappa shape index (κ2) is 4.50. The van der Waals surface area contributed by atoms with Crippen LogP contribution in [0.2, 0.25) is 0 Å². The van der Waals surface area contributed by atoms with Crippen LogP contribution in [-0.2, 0) is 0 Å². The van der Waals surface area contributed by atoms with Crippen molar-refractivity contribution in [2.45, 2.75) is 26.9 Å². The number of rotatable bonds is 3. The summed E-state index contributed by atoms with van der Waals surface area (Å²) >= 11 is 2.21. The molecule has 0 spiro atoms. The molecule has 0 fully saturated rings. The molecule has 0 aromatic carbocycles. The fraction of sp³-hybridized carbons (Fsp3) is 1.00. The van der Waals surface area contributed by atoms with Crippen LogP contribution in [0.5, 0.6) is 0 Å². The Kier molecular flexibility index (Phi) is 4.84. The van der Waals surface area contributed by atoms with E-state index in [-0.39, 0.29) is 6.10 Å². The Morgan fingerprint density at radius 2 is 1.78 bits per heavy atom. The lowest BCUT2D eigenvalue weighted by molar-refractivity contribution is 0.116. The molecule has 1 nitrogen and oxygen atoms in total. The molecule has 0 aliphatic rings. The van der Waals surface area contributed by atoms with Crippen molar-refractivity contribution in [1.82, 2.24) is 0 Å². The summed E-state index contributed by atoms with van der Waals surface area (Å²) < 4.78 is 0.844. The van der Waals surface area contributed by atoms with Crippen molar-refractivity contribution in [3.05, 3.63) is 0 Å². The molecule has 0 aromatic heterocycles. The van der Waals surface area contributed by atoms with Gasteiger partial charge in [-0.3, -0.25) is 0 Å². The number of alkyl halides is 1. The Morgan fingerprint density at radius 1 is 1.33 bits per heavy atom. The highest BCUT2D eigenvalue weighted by Crippen LogP contribution is 2.15. The fourth-order valence-corrected chi connectivity index (χ4v) is 1.39. The van der Waals surface area contributed by atoms with Gasteiger partial charge in [0.2, 0.25) is 0 Å². The zero-order chi connectivity index (χ0) is 7.44. The zero-order valence-corrected chi connectivity index (χ0v) is 8.42. The van der Waals surface area contributed by atoms with Gasteiger partial charge < -0.3 is 5.11 Å². The average Bonchev–Trinajstić information content (AvgIpc) is 1.84. The molecule has 1 N–H and O–H groups in total. The lowest BCUT2D eigenvalue weighted by atomic mass is 9.93. The Balaban J connectivity index is 3.58. The molecular formula is C7H15IO. The van der Waals surface area contributed by atoms with Crippen LogP contribution in [0.25, 0.3) is 0 Å². The average molecular weight is 242 g/mol. The topological polar surface area (TPSA) is 20.2 Å². The van der Waals surface area contributed by atoms with Crippen LogP contribution >= 0.6 is 22.6 Å². The minimum atomic E-state index is -0.120. The summed E-state index contributed by atoms with van der Waals surface area (Å²) in [5, 5.41) is 9.29. The third-order valence-electron chi connectivity index (χ3n) is 1.82. The first-order valence-corrected chi connectivity index (χ1v) is 4.86. The second-order valence-corrected chi connectivity index (χ2v) is 3.71. The molecule has 0 bridgehead atoms. The van der Waals surface area contributed by atoms with E-state index in [0.717, 1.165) is 4.43 Å². The predicted molar refractivity (Wildman–Crippen MR) is 48.9 cm³/mol. The van der Waals surface area contributed by atoms with Gasteiger partial charge in [0.05, 0.1) is 6.10 Å². The van der Waals surface area contributed by atoms with Crippen molar-refractivity contribution in [2.75, 3.05) is 4.43 Å². The van der Waals surface area contributed by atoms with Crippen molar-refractivity contribution in [3.8, 4) is 0 Å². The highest BCUT2D eigenvalue weighted by molar-refractivity contribution is 14.1. The van der Waals surface area contributed by atoms with E-state index < -0.39 is 0 Å². The minimum Gasteiger partial charge on any atom is -0.392 e. The van der Waals surface area contributed by atoms with Gasteiger partial charge in [0.25, 0.3) is 0 Å². The molecule has 0 aliphatic carbocycles. The van der Waals surface area contributed by atoms with E-state index in [0.29, 0.717) is 11.8 Å². The normalized spacial score (nSPS) is 18.0. The first kappa shape index (κ1) is 9.69. The molecule has 0 heterocycles. The molecule has 0 rings (SSSR count). The van der Waals surface area contributed by atoms with Gasteiger partial charge >= 0.3 is 0 Å². The maximum atomic E-state index is 9.29. The Morgan fingerprint density at radius 3 is 1.89 bits per heavy atom. The monoisotopic (exact) mass is 242 g/mol. The van der Waals surface area contributed by atoms with Gasteiger partial charge in [-0.1, -0.05) is 43.4 Å². The number of hydrogen-bond donors (Lipinski definition) is 1. The molecular weight excluding hydrogens is 227 g/mol. The Labute approximate surface area is 71.0 Å². The number of aliphatic hydroxyl groups excluding tert-OH is 1. The highest BCUT2D eigenvalue weighted by Gasteiger charge is 2.15. The molecule has 0 saturated heterocycles. The third-order valence-corrected chi connectivity index (χ3v) is 2.72. The molecule has 0 amide bonds. The fourth-order valence-electron chi connectivity index (χ4n) is 0.585. The summed E-state index contributed by atoms with van der Waals surface area (Å²) in [6.45, 7) is 6.37. The largest absolute Gasteiger partial charge is 0.392 e. The van der Waals surface area contributed by atoms with Crippen LogP contribution in [0.4, 0.5) is 0 Å². The van der Waals surface area contributed by atoms with Gasteiger partial charge in [0.15, 0.2) is 0 Å². The summed E-state index contributed by atoms with van der Waals surface area (Å²) in [7, 11) is 0. The molecule has 2 atom stereocenters. The SMILES string of the molecule is CC(C)C(C)[C@@H](O)CI. The first-order chi connectivity index (χ1) is 4.09. The van der Waals surface area contributed by atoms with Gasteiger partial charge in [0, 0.05) is 4.43 Å². The summed E-state index contributed by atoms with van der Waals surface area (Å²) in [6, 6.07) is 0. The van der Waals surface area contributed by atoms with Crippen LogP contribution in [0.3, 0.4) is 0 Å². The van der Waals surface area contributed by atoms with E-state index in [2.05, 4.69) is 43.4 Å². The summed E-state index contributed by atoms with van der Waals surface area (Å²) in [5.41, 5.74) is 0. The van der Waals surface area contributed by atoms with E-state index in [1.54, 1.807) is 0 Å². The van der Waals surface area contributed by atoms with Gasteiger partial charge in [-0.25, -0.2) is 0 Å². The molecule has 1 unspecified atom stereocenters. The van der Waals surface area contributed by atoms with Crippen molar-refractivity contribution < 1.29 is 5.11 Å². The highest BCUT2D eigenvalue weighted by atomic mass is 127. The van der Waals surface area contributed by atoms with E-state index in [1.165, 1.54) is 0 Å². The predicted octanol–water partition coefficient (Wildman–Crippen LogP) is 2.07. The van der Waals surface area contributed by atoms with E-state index in [9.17, 15) is 5.11 Å². The maximum Gasteiger partial charge on any atom is 0.0657 e. The molecule has 2 heteroatoms. The quantitative estimate of drug-likeness (QED) is 0.593. The van der Waals surface area contributed by atoms with Crippen LogP contribution in [0.15, 0.2) is 0 Å². The number of halogens is 1. The van der Waals surface area contributed by atoms with Gasteiger partial charge in [-0.05, 0) is 11.8 Å². The van der Waals surface area contributed by atoms with Crippen LogP contribution in [0.1, 0.15) is 20.8 Å². The van der Waals surface area contributed by atoms with E-state index in [1.807, 2.05) is 0 Å². The lowest BCUT2D eigenvalue weighted by Crippen LogP contribution is -2.23. The molecule has 56 valence electrons. The van der Waals surface area contributed by atoms with Crippen LogP contribution in [-0.4, -0.2) is 15.6 Å². The first-order valence-electron chi connectivity index (χ1n) is 3.33. The van der Waals surface area contributed by atoms with Gasteiger partial charge in [-0.2, -0.15) is 0 Å². The summed E-state index contributed by atoms with van der Waals surface area (Å²) in [4.78, 5) is 0. The number of hydrogen-bond acceptors (Lipinski definition) is 1.